The zero-order valence-corrected chi connectivity index (χ0v) is 13.8. The summed E-state index contributed by atoms with van der Waals surface area (Å²) in [6.45, 7) is 4.04. The maximum absolute atomic E-state index is 12.1. The Bertz CT molecular complexity index is 774. The van der Waals surface area contributed by atoms with Crippen LogP contribution in [-0.2, 0) is 4.79 Å². The van der Waals surface area contributed by atoms with Gasteiger partial charge in [0.1, 0.15) is 5.75 Å². The lowest BCUT2D eigenvalue weighted by Gasteiger charge is -2.12. The van der Waals surface area contributed by atoms with Gasteiger partial charge >= 0.3 is 0 Å². The summed E-state index contributed by atoms with van der Waals surface area (Å²) < 4.78 is 5.09. The van der Waals surface area contributed by atoms with Crippen molar-refractivity contribution in [3.8, 4) is 5.75 Å². The molecule has 0 atom stereocenters. The van der Waals surface area contributed by atoms with E-state index in [9.17, 15) is 14.9 Å². The van der Waals surface area contributed by atoms with Gasteiger partial charge in [-0.2, -0.15) is 0 Å². The molecule has 0 saturated heterocycles. The lowest BCUT2D eigenvalue weighted by Crippen LogP contribution is -2.22. The Morgan fingerprint density at radius 2 is 1.88 bits per heavy atom. The van der Waals surface area contributed by atoms with E-state index < -0.39 is 4.92 Å². The number of carbonyl (C=O) groups is 1. The quantitative estimate of drug-likeness (QED) is 0.626. The molecular formula is C17H19N3O4. The van der Waals surface area contributed by atoms with E-state index in [1.807, 2.05) is 32.0 Å². The second kappa shape index (κ2) is 7.45. The van der Waals surface area contributed by atoms with Crippen LogP contribution in [0.2, 0.25) is 0 Å². The normalized spacial score (nSPS) is 10.1. The minimum Gasteiger partial charge on any atom is -0.494 e. The molecule has 0 spiro atoms. The number of carbonyl (C=O) groups excluding carboxylic acids is 1. The standard InChI is InChI=1S/C17H19N3O4/c1-11-4-6-14(12(2)8-11)18-10-17(21)19-15-7-5-13(20(22)23)9-16(15)24-3/h4-9,18H,10H2,1-3H3,(H,19,21). The van der Waals surface area contributed by atoms with Crippen LogP contribution in [0.5, 0.6) is 5.75 Å². The van der Waals surface area contributed by atoms with Gasteiger partial charge < -0.3 is 15.4 Å². The fourth-order valence-electron chi connectivity index (χ4n) is 2.28. The first-order valence-electron chi connectivity index (χ1n) is 7.34. The van der Waals surface area contributed by atoms with E-state index in [1.54, 1.807) is 0 Å². The Morgan fingerprint density at radius 1 is 1.17 bits per heavy atom. The molecule has 2 rings (SSSR count). The number of nitrogens with one attached hydrogen (secondary N) is 2. The van der Waals surface area contributed by atoms with Crippen molar-refractivity contribution >= 4 is 23.0 Å². The Kier molecular flexibility index (Phi) is 5.36. The van der Waals surface area contributed by atoms with Crippen LogP contribution >= 0.6 is 0 Å². The highest BCUT2D eigenvalue weighted by Crippen LogP contribution is 2.28. The maximum Gasteiger partial charge on any atom is 0.273 e. The number of nitro benzene ring substituents is 1. The topological polar surface area (TPSA) is 93.5 Å². The fourth-order valence-corrected chi connectivity index (χ4v) is 2.28. The zero-order valence-electron chi connectivity index (χ0n) is 13.8. The summed E-state index contributed by atoms with van der Waals surface area (Å²) in [6, 6.07) is 9.95. The number of nitrogens with zero attached hydrogens (tertiary/aromatic N) is 1. The summed E-state index contributed by atoms with van der Waals surface area (Å²) in [6.07, 6.45) is 0. The monoisotopic (exact) mass is 329 g/mol. The molecule has 0 unspecified atom stereocenters. The molecule has 2 aromatic carbocycles. The third-order valence-electron chi connectivity index (χ3n) is 3.49. The molecule has 126 valence electrons. The summed E-state index contributed by atoms with van der Waals surface area (Å²) in [5.41, 5.74) is 3.37. The number of rotatable bonds is 6. The Morgan fingerprint density at radius 3 is 2.50 bits per heavy atom. The number of hydrogen-bond acceptors (Lipinski definition) is 5. The molecule has 0 aliphatic rings. The molecule has 0 bridgehead atoms. The molecule has 1 amide bonds. The smallest absolute Gasteiger partial charge is 0.273 e. The number of anilines is 2. The molecule has 0 heterocycles. The number of non-ortho nitro benzene ring substituents is 1. The van der Waals surface area contributed by atoms with Crippen LogP contribution in [0.25, 0.3) is 0 Å². The minimum atomic E-state index is -0.518. The minimum absolute atomic E-state index is 0.0735. The Balaban J connectivity index is 2.03. The van der Waals surface area contributed by atoms with E-state index in [2.05, 4.69) is 10.6 Å². The Labute approximate surface area is 139 Å². The van der Waals surface area contributed by atoms with Crippen LogP contribution in [0.3, 0.4) is 0 Å². The summed E-state index contributed by atoms with van der Waals surface area (Å²) >= 11 is 0. The highest BCUT2D eigenvalue weighted by Gasteiger charge is 2.13. The molecule has 2 aromatic rings. The van der Waals surface area contributed by atoms with Gasteiger partial charge in [0.25, 0.3) is 5.69 Å². The molecule has 24 heavy (non-hydrogen) atoms. The molecule has 2 N–H and O–H groups in total. The van der Waals surface area contributed by atoms with Crippen molar-refractivity contribution in [1.29, 1.82) is 0 Å². The third kappa shape index (κ3) is 4.22. The van der Waals surface area contributed by atoms with Crippen molar-refractivity contribution in [2.24, 2.45) is 0 Å². The van der Waals surface area contributed by atoms with Crippen molar-refractivity contribution < 1.29 is 14.5 Å². The van der Waals surface area contributed by atoms with Gasteiger partial charge in [-0.3, -0.25) is 14.9 Å². The highest BCUT2D eigenvalue weighted by atomic mass is 16.6. The van der Waals surface area contributed by atoms with Gasteiger partial charge in [0.05, 0.1) is 30.3 Å². The maximum atomic E-state index is 12.1. The van der Waals surface area contributed by atoms with Gasteiger partial charge in [0, 0.05) is 11.8 Å². The van der Waals surface area contributed by atoms with Gasteiger partial charge in [0.15, 0.2) is 0 Å². The van der Waals surface area contributed by atoms with Crippen molar-refractivity contribution in [3.63, 3.8) is 0 Å². The third-order valence-corrected chi connectivity index (χ3v) is 3.49. The van der Waals surface area contributed by atoms with Gasteiger partial charge in [0.2, 0.25) is 5.91 Å². The number of aryl methyl sites for hydroxylation is 2. The zero-order chi connectivity index (χ0) is 17.7. The lowest BCUT2D eigenvalue weighted by atomic mass is 10.1. The van der Waals surface area contributed by atoms with Crippen LogP contribution in [-0.4, -0.2) is 24.5 Å². The predicted octanol–water partition coefficient (Wildman–Crippen LogP) is 3.27. The largest absolute Gasteiger partial charge is 0.494 e. The predicted molar refractivity (Wildman–Crippen MR) is 92.7 cm³/mol. The van der Waals surface area contributed by atoms with Gasteiger partial charge in [-0.15, -0.1) is 0 Å². The van der Waals surface area contributed by atoms with Crippen LogP contribution in [0, 0.1) is 24.0 Å². The van der Waals surface area contributed by atoms with E-state index >= 15 is 0 Å². The lowest BCUT2D eigenvalue weighted by molar-refractivity contribution is -0.384. The average molecular weight is 329 g/mol. The van der Waals surface area contributed by atoms with Crippen molar-refractivity contribution in [2.75, 3.05) is 24.3 Å². The molecule has 7 nitrogen and oxygen atoms in total. The first kappa shape index (κ1) is 17.3. The van der Waals surface area contributed by atoms with Gasteiger partial charge in [-0.25, -0.2) is 0 Å². The average Bonchev–Trinajstić information content (AvgIpc) is 2.54. The second-order valence-corrected chi connectivity index (χ2v) is 5.36. The fraction of sp³-hybridized carbons (Fsp3) is 0.235. The SMILES string of the molecule is COc1cc([N+](=O)[O-])ccc1NC(=O)CNc1ccc(C)cc1C. The second-order valence-electron chi connectivity index (χ2n) is 5.36. The number of amides is 1. The van der Waals surface area contributed by atoms with Crippen LogP contribution in [0.1, 0.15) is 11.1 Å². The van der Waals surface area contributed by atoms with E-state index in [0.29, 0.717) is 5.69 Å². The van der Waals surface area contributed by atoms with Crippen LogP contribution in [0.4, 0.5) is 17.1 Å². The number of hydrogen-bond donors (Lipinski definition) is 2. The molecule has 0 aliphatic heterocycles. The van der Waals surface area contributed by atoms with Crippen molar-refractivity contribution in [2.45, 2.75) is 13.8 Å². The molecule has 0 aliphatic carbocycles. The van der Waals surface area contributed by atoms with Gasteiger partial charge in [-0.1, -0.05) is 17.7 Å². The number of ether oxygens (including phenoxy) is 1. The highest BCUT2D eigenvalue weighted by molar-refractivity contribution is 5.95. The van der Waals surface area contributed by atoms with E-state index in [4.69, 9.17) is 4.74 Å². The molecule has 0 fully saturated rings. The first-order valence-corrected chi connectivity index (χ1v) is 7.34. The van der Waals surface area contributed by atoms with Crippen LogP contribution in [0.15, 0.2) is 36.4 Å². The summed E-state index contributed by atoms with van der Waals surface area (Å²) in [7, 11) is 1.39. The van der Waals surface area contributed by atoms with Crippen molar-refractivity contribution in [1.82, 2.24) is 0 Å². The molecular weight excluding hydrogens is 310 g/mol. The summed E-state index contributed by atoms with van der Waals surface area (Å²) in [5, 5.41) is 16.5. The molecule has 0 radical (unpaired) electrons. The van der Waals surface area contributed by atoms with Crippen LogP contribution < -0.4 is 15.4 Å². The number of methoxy groups -OCH3 is 1. The summed E-state index contributed by atoms with van der Waals surface area (Å²) in [5.74, 6) is -0.0359. The van der Waals surface area contributed by atoms with E-state index in [-0.39, 0.29) is 23.9 Å². The molecule has 0 saturated carbocycles. The Hall–Kier alpha value is -3.09. The van der Waals surface area contributed by atoms with Gasteiger partial charge in [-0.05, 0) is 31.5 Å². The molecule has 7 heteroatoms. The number of benzene rings is 2. The summed E-state index contributed by atoms with van der Waals surface area (Å²) in [4.78, 5) is 22.3. The van der Waals surface area contributed by atoms with E-state index in [1.165, 1.54) is 25.3 Å². The first-order chi connectivity index (χ1) is 11.4. The molecule has 0 aromatic heterocycles. The number of nitro groups is 1. The van der Waals surface area contributed by atoms with E-state index in [0.717, 1.165) is 16.8 Å². The van der Waals surface area contributed by atoms with Crippen molar-refractivity contribution in [3.05, 3.63) is 57.6 Å².